The number of aromatic nitrogens is 4. The van der Waals surface area contributed by atoms with Crippen LogP contribution < -0.4 is 16.0 Å². The summed E-state index contributed by atoms with van der Waals surface area (Å²) >= 11 is 0. The third-order valence-electron chi connectivity index (χ3n) is 9.50. The lowest BCUT2D eigenvalue weighted by molar-refractivity contribution is -0.131. The molecule has 3 aliphatic rings. The van der Waals surface area contributed by atoms with Crippen molar-refractivity contribution in [1.29, 1.82) is 5.26 Å². The van der Waals surface area contributed by atoms with E-state index in [0.29, 0.717) is 55.2 Å². The van der Waals surface area contributed by atoms with E-state index in [9.17, 15) is 19.6 Å². The van der Waals surface area contributed by atoms with Crippen LogP contribution in [-0.2, 0) is 23.1 Å². The molecule has 0 bridgehead atoms. The van der Waals surface area contributed by atoms with Gasteiger partial charge >= 0.3 is 0 Å². The number of fused-ring (bicyclic) bond motifs is 3. The molecule has 45 heavy (non-hydrogen) atoms. The minimum Gasteiger partial charge on any atom is -0.352 e. The number of likely N-dealkylation sites (tertiary alicyclic amines) is 1. The summed E-state index contributed by atoms with van der Waals surface area (Å²) in [6, 6.07) is 13.5. The van der Waals surface area contributed by atoms with Crippen LogP contribution in [0.4, 0.5) is 0 Å². The van der Waals surface area contributed by atoms with Crippen LogP contribution in [0.15, 0.2) is 36.4 Å². The number of carbonyl (C=O) groups excluding carboxylic acids is 3. The number of amides is 3. The molecule has 1 saturated carbocycles. The van der Waals surface area contributed by atoms with E-state index in [2.05, 4.69) is 42.6 Å². The summed E-state index contributed by atoms with van der Waals surface area (Å²) in [6.45, 7) is 6.96. The number of aryl methyl sites for hydroxylation is 2. The summed E-state index contributed by atoms with van der Waals surface area (Å²) in [4.78, 5) is 40.8. The predicted octanol–water partition coefficient (Wildman–Crippen LogP) is 2.01. The number of nitrogens with one attached hydrogen (secondary N) is 4. The first kappa shape index (κ1) is 30.4. The molecule has 1 aromatic heterocycles. The van der Waals surface area contributed by atoms with Crippen molar-refractivity contribution in [1.82, 2.24) is 41.5 Å². The smallest absolute Gasteiger partial charge is 0.251 e. The van der Waals surface area contributed by atoms with Gasteiger partial charge in [-0.15, -0.1) is 5.10 Å². The van der Waals surface area contributed by atoms with Crippen molar-refractivity contribution in [2.45, 2.75) is 76.4 Å². The Balaban J connectivity index is 1.40. The molecule has 3 aromatic rings. The third kappa shape index (κ3) is 5.57. The Morgan fingerprint density at radius 3 is 2.18 bits per heavy atom. The highest BCUT2D eigenvalue weighted by molar-refractivity contribution is 5.95. The second-order valence-corrected chi connectivity index (χ2v) is 12.3. The van der Waals surface area contributed by atoms with Crippen molar-refractivity contribution in [3.63, 3.8) is 0 Å². The van der Waals surface area contributed by atoms with E-state index in [4.69, 9.17) is 0 Å². The summed E-state index contributed by atoms with van der Waals surface area (Å²) in [7, 11) is 0. The van der Waals surface area contributed by atoms with E-state index < -0.39 is 5.41 Å². The highest BCUT2D eigenvalue weighted by atomic mass is 16.2. The molecule has 234 valence electrons. The van der Waals surface area contributed by atoms with Gasteiger partial charge < -0.3 is 20.9 Å². The number of nitrogens with zero attached hydrogens (tertiary/aromatic N) is 5. The quantitative estimate of drug-likeness (QED) is 0.271. The summed E-state index contributed by atoms with van der Waals surface area (Å²) < 4.78 is 0. The zero-order chi connectivity index (χ0) is 31.7. The van der Waals surface area contributed by atoms with Gasteiger partial charge in [0.05, 0.1) is 18.0 Å². The Morgan fingerprint density at radius 1 is 1.02 bits per heavy atom. The maximum atomic E-state index is 13.3. The van der Waals surface area contributed by atoms with Crippen LogP contribution in [-0.4, -0.2) is 81.0 Å². The van der Waals surface area contributed by atoms with Crippen molar-refractivity contribution in [3.05, 3.63) is 75.6 Å². The van der Waals surface area contributed by atoms with Gasteiger partial charge in [0.2, 0.25) is 5.91 Å². The molecular weight excluding hydrogens is 570 g/mol. The molecule has 6 rings (SSSR count). The average Bonchev–Trinajstić information content (AvgIpc) is 3.42. The van der Waals surface area contributed by atoms with Crippen molar-refractivity contribution in [3.8, 4) is 6.07 Å². The number of nitriles is 1. The van der Waals surface area contributed by atoms with Crippen LogP contribution in [0.3, 0.4) is 0 Å². The lowest BCUT2D eigenvalue weighted by Crippen LogP contribution is -2.46. The SMILES string of the molecule is CCNC(=O)c1ccc2c(c1)CCc1cc(C(=O)NCC)ccc1C2(C[C@@H](C)NCC(=O)N1C(C#N)C[C@@H]2C[C@@H]21)c1nnn[nH]1. The van der Waals surface area contributed by atoms with Crippen LogP contribution in [0.25, 0.3) is 0 Å². The molecule has 4 atom stereocenters. The third-order valence-corrected chi connectivity index (χ3v) is 9.50. The Kier molecular flexibility index (Phi) is 8.38. The van der Waals surface area contributed by atoms with Gasteiger partial charge in [0.15, 0.2) is 5.82 Å². The highest BCUT2D eigenvalue weighted by Gasteiger charge is 2.54. The standard InChI is InChI=1S/C33H39N9O3/c1-4-35-30(44)22-8-10-26-20(12-22)6-7-21-13-23(31(45)36-5-2)9-11-27(21)33(26,32-38-40-41-39-32)16-19(3)37-18-29(43)42-25(17-34)14-24-15-28(24)42/h8-13,19,24-25,28,37H,4-7,14-16,18H2,1-3H3,(H,35,44)(H,36,45)(H,38,39,40,41)/t19-,24-,25?,28+/m1/s1. The highest BCUT2D eigenvalue weighted by Crippen LogP contribution is 2.48. The van der Waals surface area contributed by atoms with Gasteiger partial charge in [0, 0.05) is 36.3 Å². The van der Waals surface area contributed by atoms with Crippen LogP contribution in [0.5, 0.6) is 0 Å². The molecule has 1 saturated heterocycles. The van der Waals surface area contributed by atoms with Crippen LogP contribution in [0.2, 0.25) is 0 Å². The minimum absolute atomic E-state index is 0.0615. The number of aromatic amines is 1. The molecule has 3 amide bonds. The first-order valence-electron chi connectivity index (χ1n) is 15.8. The second-order valence-electron chi connectivity index (χ2n) is 12.3. The van der Waals surface area contributed by atoms with Crippen LogP contribution >= 0.6 is 0 Å². The topological polar surface area (TPSA) is 169 Å². The average molecular weight is 610 g/mol. The normalized spacial score (nSPS) is 21.4. The fourth-order valence-electron chi connectivity index (χ4n) is 7.38. The van der Waals surface area contributed by atoms with Gasteiger partial charge in [-0.05, 0) is 116 Å². The molecule has 1 aliphatic heterocycles. The van der Waals surface area contributed by atoms with Crippen LogP contribution in [0, 0.1) is 17.2 Å². The number of benzene rings is 2. The van der Waals surface area contributed by atoms with Gasteiger partial charge in [0.1, 0.15) is 6.04 Å². The molecule has 2 fully saturated rings. The van der Waals surface area contributed by atoms with Gasteiger partial charge in [-0.1, -0.05) is 12.1 Å². The summed E-state index contributed by atoms with van der Waals surface area (Å²) in [5, 5.41) is 34.2. The monoisotopic (exact) mass is 609 g/mol. The zero-order valence-corrected chi connectivity index (χ0v) is 25.9. The molecular formula is C33H39N9O3. The van der Waals surface area contributed by atoms with Gasteiger partial charge in [0.25, 0.3) is 11.8 Å². The molecule has 0 radical (unpaired) electrons. The minimum atomic E-state index is -0.885. The van der Waals surface area contributed by atoms with Crippen molar-refractivity contribution < 1.29 is 14.4 Å². The number of carbonyl (C=O) groups is 3. The number of tetrazole rings is 1. The molecule has 12 nitrogen and oxygen atoms in total. The van der Waals surface area contributed by atoms with Crippen molar-refractivity contribution in [2.75, 3.05) is 19.6 Å². The van der Waals surface area contributed by atoms with Crippen molar-refractivity contribution >= 4 is 17.7 Å². The number of hydrogen-bond acceptors (Lipinski definition) is 8. The van der Waals surface area contributed by atoms with Gasteiger partial charge in [-0.25, -0.2) is 5.10 Å². The van der Waals surface area contributed by atoms with E-state index >= 15 is 0 Å². The molecule has 2 aromatic carbocycles. The molecule has 1 unspecified atom stereocenters. The van der Waals surface area contributed by atoms with E-state index in [1.54, 1.807) is 4.90 Å². The van der Waals surface area contributed by atoms with E-state index in [1.807, 2.05) is 57.2 Å². The fourth-order valence-corrected chi connectivity index (χ4v) is 7.38. The van der Waals surface area contributed by atoms with Gasteiger partial charge in [-0.3, -0.25) is 14.4 Å². The molecule has 4 N–H and O–H groups in total. The van der Waals surface area contributed by atoms with E-state index in [1.165, 1.54) is 0 Å². The van der Waals surface area contributed by atoms with Crippen LogP contribution in [0.1, 0.15) is 88.8 Å². The second kappa shape index (κ2) is 12.4. The van der Waals surface area contributed by atoms with E-state index in [0.717, 1.165) is 35.1 Å². The Bertz CT molecular complexity index is 1580. The Morgan fingerprint density at radius 2 is 1.64 bits per heavy atom. The van der Waals surface area contributed by atoms with E-state index in [-0.39, 0.29) is 42.4 Å². The Hall–Kier alpha value is -4.63. The number of hydrogen-bond donors (Lipinski definition) is 4. The number of rotatable bonds is 10. The maximum absolute atomic E-state index is 13.3. The van der Waals surface area contributed by atoms with Gasteiger partial charge in [-0.2, -0.15) is 5.26 Å². The van der Waals surface area contributed by atoms with Crippen molar-refractivity contribution in [2.24, 2.45) is 5.92 Å². The largest absolute Gasteiger partial charge is 0.352 e. The molecule has 2 heterocycles. The lowest BCUT2D eigenvalue weighted by Gasteiger charge is -2.37. The summed E-state index contributed by atoms with van der Waals surface area (Å²) in [5.41, 5.74) is 4.16. The molecule has 12 heteroatoms. The first-order chi connectivity index (χ1) is 21.8. The predicted molar refractivity (Wildman–Crippen MR) is 165 cm³/mol. The number of H-pyrrole nitrogens is 1. The summed E-state index contributed by atoms with van der Waals surface area (Å²) in [5.74, 6) is 0.640. The Labute approximate surface area is 262 Å². The molecule has 0 spiro atoms. The fraction of sp³-hybridized carbons (Fsp3) is 0.485. The number of piperidine rings is 1. The summed E-state index contributed by atoms with van der Waals surface area (Å²) in [6.07, 6.45) is 3.50. The zero-order valence-electron chi connectivity index (χ0n) is 25.9. The molecule has 2 aliphatic carbocycles. The lowest BCUT2D eigenvalue weighted by atomic mass is 9.67. The maximum Gasteiger partial charge on any atom is 0.251 e. The first-order valence-corrected chi connectivity index (χ1v) is 15.8.